The van der Waals surface area contributed by atoms with E-state index in [9.17, 15) is 4.79 Å². The van der Waals surface area contributed by atoms with E-state index in [-0.39, 0.29) is 11.9 Å². The number of hydrogen-bond donors (Lipinski definition) is 2. The molecule has 2 heterocycles. The van der Waals surface area contributed by atoms with Gasteiger partial charge in [0.15, 0.2) is 11.0 Å². The molecule has 0 bridgehead atoms. The highest BCUT2D eigenvalue weighted by Gasteiger charge is 2.31. The summed E-state index contributed by atoms with van der Waals surface area (Å²) in [5, 5.41) is 13.7. The molecule has 2 aromatic heterocycles. The highest BCUT2D eigenvalue weighted by molar-refractivity contribution is 7.99. The molecule has 0 radical (unpaired) electrons. The van der Waals surface area contributed by atoms with E-state index in [4.69, 9.17) is 4.74 Å². The van der Waals surface area contributed by atoms with E-state index in [1.54, 1.807) is 7.11 Å². The van der Waals surface area contributed by atoms with E-state index in [1.807, 2.05) is 25.3 Å². The number of H-pyrrole nitrogens is 1. The molecule has 0 unspecified atom stereocenters. The van der Waals surface area contributed by atoms with Crippen molar-refractivity contribution in [3.05, 3.63) is 30.5 Å². The zero-order chi connectivity index (χ0) is 18.8. The maximum atomic E-state index is 12.2. The number of ether oxygens (including phenoxy) is 1. The van der Waals surface area contributed by atoms with Crippen LogP contribution in [0.1, 0.15) is 25.8 Å². The van der Waals surface area contributed by atoms with E-state index in [2.05, 4.69) is 37.2 Å². The first-order valence-electron chi connectivity index (χ1n) is 9.10. The fourth-order valence-electron chi connectivity index (χ4n) is 3.22. The van der Waals surface area contributed by atoms with Crippen molar-refractivity contribution >= 4 is 28.6 Å². The van der Waals surface area contributed by atoms with Gasteiger partial charge in [0, 0.05) is 41.9 Å². The fourth-order valence-corrected chi connectivity index (χ4v) is 4.03. The monoisotopic (exact) mass is 385 g/mol. The lowest BCUT2D eigenvalue weighted by Gasteiger charge is -2.12. The van der Waals surface area contributed by atoms with E-state index in [0.717, 1.165) is 40.3 Å². The summed E-state index contributed by atoms with van der Waals surface area (Å²) in [5.74, 6) is 1.15. The van der Waals surface area contributed by atoms with Crippen molar-refractivity contribution in [2.45, 2.75) is 37.0 Å². The van der Waals surface area contributed by atoms with Gasteiger partial charge in [-0.3, -0.25) is 9.36 Å². The smallest absolute Gasteiger partial charge is 0.230 e. The number of benzene rings is 1. The predicted molar refractivity (Wildman–Crippen MR) is 106 cm³/mol. The van der Waals surface area contributed by atoms with Gasteiger partial charge in [0.05, 0.1) is 12.4 Å². The summed E-state index contributed by atoms with van der Waals surface area (Å²) in [6.45, 7) is 2.42. The lowest BCUT2D eigenvalue weighted by Crippen LogP contribution is -2.36. The largest absolute Gasteiger partial charge is 0.383 e. The Morgan fingerprint density at radius 2 is 2.22 bits per heavy atom. The average Bonchev–Trinajstić information content (AvgIpc) is 3.26. The molecule has 27 heavy (non-hydrogen) atoms. The Balaban J connectivity index is 1.54. The summed E-state index contributed by atoms with van der Waals surface area (Å²) in [6, 6.07) is 8.59. The van der Waals surface area contributed by atoms with Crippen LogP contribution in [0.2, 0.25) is 0 Å². The van der Waals surface area contributed by atoms with Crippen molar-refractivity contribution < 1.29 is 9.53 Å². The topological polar surface area (TPSA) is 84.8 Å². The number of rotatable bonds is 8. The van der Waals surface area contributed by atoms with Crippen molar-refractivity contribution in [3.63, 3.8) is 0 Å². The molecular weight excluding hydrogens is 362 g/mol. The summed E-state index contributed by atoms with van der Waals surface area (Å²) in [5.41, 5.74) is 2.13. The molecule has 0 saturated heterocycles. The number of carbonyl (C=O) groups is 1. The lowest BCUT2D eigenvalue weighted by molar-refractivity contribution is -0.119. The normalized spacial score (nSPS) is 15.2. The molecule has 4 rings (SSSR count). The van der Waals surface area contributed by atoms with Gasteiger partial charge in [0.25, 0.3) is 0 Å². The predicted octanol–water partition coefficient (Wildman–Crippen LogP) is 3.00. The number of methoxy groups -OCH3 is 1. The van der Waals surface area contributed by atoms with Crippen LogP contribution in [0.4, 0.5) is 0 Å². The molecule has 1 aliphatic rings. The van der Waals surface area contributed by atoms with Gasteiger partial charge in [-0.15, -0.1) is 10.2 Å². The third-order valence-corrected chi connectivity index (χ3v) is 5.51. The minimum atomic E-state index is -0.0245. The molecule has 7 nitrogen and oxygen atoms in total. The van der Waals surface area contributed by atoms with Crippen molar-refractivity contribution in [1.82, 2.24) is 25.1 Å². The number of aromatic nitrogens is 4. The first-order valence-corrected chi connectivity index (χ1v) is 10.1. The zero-order valence-corrected chi connectivity index (χ0v) is 16.3. The van der Waals surface area contributed by atoms with Gasteiger partial charge in [-0.2, -0.15) is 0 Å². The van der Waals surface area contributed by atoms with Crippen LogP contribution in [0.15, 0.2) is 35.6 Å². The Morgan fingerprint density at radius 1 is 1.41 bits per heavy atom. The molecule has 1 amide bonds. The summed E-state index contributed by atoms with van der Waals surface area (Å²) < 4.78 is 7.24. The van der Waals surface area contributed by atoms with E-state index in [1.165, 1.54) is 11.8 Å². The minimum absolute atomic E-state index is 0.00816. The number of para-hydroxylation sites is 1. The van der Waals surface area contributed by atoms with Crippen LogP contribution < -0.4 is 5.32 Å². The van der Waals surface area contributed by atoms with Gasteiger partial charge in [0.1, 0.15) is 0 Å². The van der Waals surface area contributed by atoms with Gasteiger partial charge in [0.2, 0.25) is 5.91 Å². The number of nitrogens with zero attached hydrogens (tertiary/aromatic N) is 3. The molecule has 1 saturated carbocycles. The number of carbonyl (C=O) groups excluding carboxylic acids is 1. The second-order valence-corrected chi connectivity index (χ2v) is 7.81. The molecule has 8 heteroatoms. The van der Waals surface area contributed by atoms with Crippen molar-refractivity contribution in [2.24, 2.45) is 0 Å². The molecule has 1 fully saturated rings. The van der Waals surface area contributed by atoms with Crippen LogP contribution in [-0.4, -0.2) is 51.2 Å². The molecule has 1 aromatic carbocycles. The van der Waals surface area contributed by atoms with Crippen molar-refractivity contribution in [2.75, 3.05) is 19.5 Å². The molecule has 142 valence electrons. The SMILES string of the molecule is COC[C@@H](C)NC(=O)CSc1nnc(-c2c[nH]c3ccccc23)n1C1CC1. The highest BCUT2D eigenvalue weighted by Crippen LogP contribution is 2.42. The number of hydrogen-bond acceptors (Lipinski definition) is 5. The van der Waals surface area contributed by atoms with Gasteiger partial charge in [-0.05, 0) is 25.8 Å². The van der Waals surface area contributed by atoms with Crippen LogP contribution >= 0.6 is 11.8 Å². The zero-order valence-electron chi connectivity index (χ0n) is 15.4. The van der Waals surface area contributed by atoms with Gasteiger partial charge >= 0.3 is 0 Å². The van der Waals surface area contributed by atoms with Crippen LogP contribution in [-0.2, 0) is 9.53 Å². The van der Waals surface area contributed by atoms with Crippen molar-refractivity contribution in [1.29, 1.82) is 0 Å². The molecule has 2 N–H and O–H groups in total. The Bertz CT molecular complexity index is 947. The number of nitrogens with one attached hydrogen (secondary N) is 2. The molecule has 0 aliphatic heterocycles. The fraction of sp³-hybridized carbons (Fsp3) is 0.421. The Morgan fingerprint density at radius 3 is 3.00 bits per heavy atom. The first kappa shape index (κ1) is 18.1. The summed E-state index contributed by atoms with van der Waals surface area (Å²) in [6.07, 6.45) is 4.23. The lowest BCUT2D eigenvalue weighted by atomic mass is 10.1. The molecule has 1 aliphatic carbocycles. The second kappa shape index (κ2) is 7.74. The minimum Gasteiger partial charge on any atom is -0.383 e. The molecular formula is C19H23N5O2S. The maximum absolute atomic E-state index is 12.2. The van der Waals surface area contributed by atoms with Crippen LogP contribution in [0, 0.1) is 0 Å². The van der Waals surface area contributed by atoms with Gasteiger partial charge < -0.3 is 15.0 Å². The molecule has 3 aromatic rings. The standard InChI is InChI=1S/C19H23N5O2S/c1-12(10-26-2)21-17(25)11-27-19-23-22-18(24(19)13-7-8-13)15-9-20-16-6-4-3-5-14(15)16/h3-6,9,12-13,20H,7-8,10-11H2,1-2H3,(H,21,25)/t12-/m1/s1. The van der Waals surface area contributed by atoms with Gasteiger partial charge in [-0.1, -0.05) is 30.0 Å². The summed E-state index contributed by atoms with van der Waals surface area (Å²) >= 11 is 1.43. The third-order valence-electron chi connectivity index (χ3n) is 4.56. The quantitative estimate of drug-likeness (QED) is 0.582. The van der Waals surface area contributed by atoms with Crippen LogP contribution in [0.25, 0.3) is 22.3 Å². The Kier molecular flexibility index (Phi) is 5.18. The number of fused-ring (bicyclic) bond motifs is 1. The van der Waals surface area contributed by atoms with Crippen molar-refractivity contribution in [3.8, 4) is 11.4 Å². The van der Waals surface area contributed by atoms with Crippen LogP contribution in [0.3, 0.4) is 0 Å². The first-order chi connectivity index (χ1) is 13.2. The summed E-state index contributed by atoms with van der Waals surface area (Å²) in [4.78, 5) is 15.5. The van der Waals surface area contributed by atoms with E-state index < -0.39 is 0 Å². The molecule has 1 atom stereocenters. The maximum Gasteiger partial charge on any atom is 0.230 e. The number of amides is 1. The van der Waals surface area contributed by atoms with E-state index >= 15 is 0 Å². The molecule has 0 spiro atoms. The number of aromatic amines is 1. The Labute approximate surface area is 161 Å². The van der Waals surface area contributed by atoms with Crippen LogP contribution in [0.5, 0.6) is 0 Å². The van der Waals surface area contributed by atoms with Gasteiger partial charge in [-0.25, -0.2) is 0 Å². The summed E-state index contributed by atoms with van der Waals surface area (Å²) in [7, 11) is 1.63. The van der Waals surface area contributed by atoms with E-state index in [0.29, 0.717) is 18.4 Å². The Hall–Kier alpha value is -2.32. The average molecular weight is 385 g/mol. The third kappa shape index (κ3) is 3.86. The second-order valence-electron chi connectivity index (χ2n) is 6.87. The highest BCUT2D eigenvalue weighted by atomic mass is 32.2. The number of thioether (sulfide) groups is 1.